The Kier molecular flexibility index (Phi) is 3.72. The van der Waals surface area contributed by atoms with E-state index in [4.69, 9.17) is 16.2 Å². The van der Waals surface area contributed by atoms with Crippen molar-refractivity contribution >= 4 is 0 Å². The highest BCUT2D eigenvalue weighted by atomic mass is 16.5. The summed E-state index contributed by atoms with van der Waals surface area (Å²) in [6.07, 6.45) is 0.730. The Labute approximate surface area is 91.4 Å². The zero-order chi connectivity index (χ0) is 11.5. The topological polar surface area (TPSA) is 61.3 Å². The van der Waals surface area contributed by atoms with E-state index in [-0.39, 0.29) is 11.6 Å². The molecular weight excluding hydrogens is 188 g/mol. The van der Waals surface area contributed by atoms with Gasteiger partial charge in [0.05, 0.1) is 7.11 Å². The second kappa shape index (κ2) is 4.64. The van der Waals surface area contributed by atoms with Gasteiger partial charge in [0.1, 0.15) is 5.75 Å². The fraction of sp³-hybridized carbons (Fsp3) is 0.500. The monoisotopic (exact) mass is 208 g/mol. The number of rotatable bonds is 4. The molecule has 0 aromatic heterocycles. The molecule has 0 saturated carbocycles. The summed E-state index contributed by atoms with van der Waals surface area (Å²) in [5.41, 5.74) is 12.8. The molecule has 0 amide bonds. The van der Waals surface area contributed by atoms with E-state index in [9.17, 15) is 0 Å². The third-order valence-electron chi connectivity index (χ3n) is 2.28. The van der Waals surface area contributed by atoms with Crippen LogP contribution in [0.3, 0.4) is 0 Å². The van der Waals surface area contributed by atoms with Gasteiger partial charge in [-0.2, -0.15) is 0 Å². The van der Waals surface area contributed by atoms with Crippen molar-refractivity contribution in [1.82, 2.24) is 0 Å². The van der Waals surface area contributed by atoms with Crippen LogP contribution in [0.25, 0.3) is 0 Å². The highest BCUT2D eigenvalue weighted by Gasteiger charge is 2.19. The molecule has 1 aromatic rings. The molecule has 0 fully saturated rings. The average molecular weight is 208 g/mol. The van der Waals surface area contributed by atoms with Gasteiger partial charge >= 0.3 is 0 Å². The zero-order valence-electron chi connectivity index (χ0n) is 9.66. The molecule has 1 atom stereocenters. The summed E-state index contributed by atoms with van der Waals surface area (Å²) in [6, 6.07) is 7.71. The van der Waals surface area contributed by atoms with Crippen molar-refractivity contribution in [2.45, 2.75) is 31.8 Å². The first-order valence-electron chi connectivity index (χ1n) is 5.11. The molecule has 0 aliphatic heterocycles. The van der Waals surface area contributed by atoms with Gasteiger partial charge in [0, 0.05) is 17.1 Å². The number of para-hydroxylation sites is 1. The van der Waals surface area contributed by atoms with Gasteiger partial charge in [-0.15, -0.1) is 0 Å². The molecule has 15 heavy (non-hydrogen) atoms. The first-order valence-corrected chi connectivity index (χ1v) is 5.11. The lowest BCUT2D eigenvalue weighted by Gasteiger charge is -2.24. The molecule has 0 spiro atoms. The molecule has 0 bridgehead atoms. The van der Waals surface area contributed by atoms with E-state index in [2.05, 4.69) is 0 Å². The molecule has 1 aromatic carbocycles. The van der Waals surface area contributed by atoms with E-state index in [0.29, 0.717) is 0 Å². The number of nitrogens with two attached hydrogens (primary N) is 2. The molecule has 0 aliphatic carbocycles. The molecule has 3 nitrogen and oxygen atoms in total. The highest BCUT2D eigenvalue weighted by molar-refractivity contribution is 5.35. The summed E-state index contributed by atoms with van der Waals surface area (Å²) >= 11 is 0. The maximum absolute atomic E-state index is 6.10. The standard InChI is InChI=1S/C12H20N2O/c1-12(2,14)8-10(13)9-6-4-5-7-11(9)15-3/h4-7,10H,8,13-14H2,1-3H3. The van der Waals surface area contributed by atoms with E-state index in [0.717, 1.165) is 17.7 Å². The van der Waals surface area contributed by atoms with Gasteiger partial charge in [-0.25, -0.2) is 0 Å². The van der Waals surface area contributed by atoms with Crippen LogP contribution in [0.1, 0.15) is 31.9 Å². The van der Waals surface area contributed by atoms with Crippen LogP contribution in [-0.2, 0) is 0 Å². The van der Waals surface area contributed by atoms with Crippen LogP contribution in [0.4, 0.5) is 0 Å². The molecule has 1 unspecified atom stereocenters. The molecule has 0 radical (unpaired) electrons. The first-order chi connectivity index (χ1) is 6.94. The minimum atomic E-state index is -0.264. The summed E-state index contributed by atoms with van der Waals surface area (Å²) < 4.78 is 5.26. The summed E-state index contributed by atoms with van der Waals surface area (Å²) in [7, 11) is 1.65. The van der Waals surface area contributed by atoms with E-state index >= 15 is 0 Å². The lowest BCUT2D eigenvalue weighted by atomic mass is 9.92. The number of benzene rings is 1. The maximum Gasteiger partial charge on any atom is 0.123 e. The Morgan fingerprint density at radius 3 is 2.47 bits per heavy atom. The van der Waals surface area contributed by atoms with Gasteiger partial charge < -0.3 is 16.2 Å². The minimum Gasteiger partial charge on any atom is -0.496 e. The smallest absolute Gasteiger partial charge is 0.123 e. The van der Waals surface area contributed by atoms with E-state index < -0.39 is 0 Å². The molecular formula is C12H20N2O. The van der Waals surface area contributed by atoms with Crippen molar-refractivity contribution in [3.8, 4) is 5.75 Å². The van der Waals surface area contributed by atoms with Crippen molar-refractivity contribution in [3.63, 3.8) is 0 Å². The predicted molar refractivity (Wildman–Crippen MR) is 62.8 cm³/mol. The lowest BCUT2D eigenvalue weighted by Crippen LogP contribution is -2.36. The zero-order valence-corrected chi connectivity index (χ0v) is 9.66. The molecule has 1 rings (SSSR count). The summed E-state index contributed by atoms with van der Waals surface area (Å²) in [4.78, 5) is 0. The van der Waals surface area contributed by atoms with E-state index in [1.165, 1.54) is 0 Å². The molecule has 4 N–H and O–H groups in total. The molecule has 84 valence electrons. The molecule has 0 heterocycles. The third-order valence-corrected chi connectivity index (χ3v) is 2.28. The molecule has 0 aliphatic rings. The third kappa shape index (κ3) is 3.53. The number of hydrogen-bond acceptors (Lipinski definition) is 3. The van der Waals surface area contributed by atoms with Crippen LogP contribution in [0.15, 0.2) is 24.3 Å². The van der Waals surface area contributed by atoms with Crippen LogP contribution in [0.2, 0.25) is 0 Å². The van der Waals surface area contributed by atoms with Crippen LogP contribution in [0.5, 0.6) is 5.75 Å². The highest BCUT2D eigenvalue weighted by Crippen LogP contribution is 2.27. The minimum absolute atomic E-state index is 0.0823. The lowest BCUT2D eigenvalue weighted by molar-refractivity contribution is 0.388. The fourth-order valence-electron chi connectivity index (χ4n) is 1.65. The van der Waals surface area contributed by atoms with Gasteiger partial charge in [-0.05, 0) is 26.3 Å². The second-order valence-electron chi connectivity index (χ2n) is 4.54. The summed E-state index contributed by atoms with van der Waals surface area (Å²) in [5.74, 6) is 0.828. The number of methoxy groups -OCH3 is 1. The first kappa shape index (κ1) is 12.0. The Morgan fingerprint density at radius 1 is 1.33 bits per heavy atom. The number of hydrogen-bond donors (Lipinski definition) is 2. The van der Waals surface area contributed by atoms with Gasteiger partial charge in [0.25, 0.3) is 0 Å². The van der Waals surface area contributed by atoms with Gasteiger partial charge in [-0.1, -0.05) is 18.2 Å². The van der Waals surface area contributed by atoms with Gasteiger partial charge in [0.15, 0.2) is 0 Å². The Morgan fingerprint density at radius 2 is 1.93 bits per heavy atom. The summed E-state index contributed by atoms with van der Waals surface area (Å²) in [6.45, 7) is 3.95. The fourth-order valence-corrected chi connectivity index (χ4v) is 1.65. The Hall–Kier alpha value is -1.06. The van der Waals surface area contributed by atoms with Crippen LogP contribution < -0.4 is 16.2 Å². The SMILES string of the molecule is COc1ccccc1C(N)CC(C)(C)N. The van der Waals surface area contributed by atoms with Crippen molar-refractivity contribution in [1.29, 1.82) is 0 Å². The van der Waals surface area contributed by atoms with Crippen molar-refractivity contribution in [2.24, 2.45) is 11.5 Å². The largest absolute Gasteiger partial charge is 0.496 e. The van der Waals surface area contributed by atoms with E-state index in [1.54, 1.807) is 7.11 Å². The number of ether oxygens (including phenoxy) is 1. The van der Waals surface area contributed by atoms with E-state index in [1.807, 2.05) is 38.1 Å². The van der Waals surface area contributed by atoms with Crippen LogP contribution in [-0.4, -0.2) is 12.6 Å². The molecule has 0 saturated heterocycles. The maximum atomic E-state index is 6.10. The normalized spacial score (nSPS) is 13.7. The quantitative estimate of drug-likeness (QED) is 0.793. The van der Waals surface area contributed by atoms with Crippen molar-refractivity contribution in [2.75, 3.05) is 7.11 Å². The van der Waals surface area contributed by atoms with Gasteiger partial charge in [0.2, 0.25) is 0 Å². The average Bonchev–Trinajstić information content (AvgIpc) is 2.15. The second-order valence-corrected chi connectivity index (χ2v) is 4.54. The predicted octanol–water partition coefficient (Wildman–Crippen LogP) is 1.82. The van der Waals surface area contributed by atoms with Crippen molar-refractivity contribution in [3.05, 3.63) is 29.8 Å². The van der Waals surface area contributed by atoms with Crippen molar-refractivity contribution < 1.29 is 4.74 Å². The molecule has 3 heteroatoms. The van der Waals surface area contributed by atoms with Crippen LogP contribution >= 0.6 is 0 Å². The Bertz CT molecular complexity index is 318. The Balaban J connectivity index is 2.86. The van der Waals surface area contributed by atoms with Crippen LogP contribution in [0, 0.1) is 0 Å². The summed E-state index contributed by atoms with van der Waals surface area (Å²) in [5, 5.41) is 0. The van der Waals surface area contributed by atoms with Gasteiger partial charge in [-0.3, -0.25) is 0 Å².